The summed E-state index contributed by atoms with van der Waals surface area (Å²) in [5, 5.41) is 3.44. The molecule has 114 valence electrons. The number of carbonyl (C=O) groups is 1. The smallest absolute Gasteiger partial charge is 0.227 e. The van der Waals surface area contributed by atoms with Crippen LogP contribution in [-0.2, 0) is 11.2 Å². The van der Waals surface area contributed by atoms with Crippen LogP contribution in [0.5, 0.6) is 5.75 Å². The lowest BCUT2D eigenvalue weighted by Gasteiger charge is -2.30. The van der Waals surface area contributed by atoms with E-state index in [0.29, 0.717) is 18.4 Å². The predicted octanol–water partition coefficient (Wildman–Crippen LogP) is 1.84. The molecule has 1 N–H and O–H groups in total. The van der Waals surface area contributed by atoms with Crippen LogP contribution in [0.3, 0.4) is 0 Å². The molecule has 1 aromatic carbocycles. The minimum atomic E-state index is 0.236. The topological polar surface area (TPSA) is 41.6 Å². The Morgan fingerprint density at radius 1 is 1.33 bits per heavy atom. The molecule has 21 heavy (non-hydrogen) atoms. The van der Waals surface area contributed by atoms with E-state index in [4.69, 9.17) is 4.74 Å². The third kappa shape index (κ3) is 3.05. The molecule has 3 rings (SSSR count). The molecule has 0 aromatic heterocycles. The summed E-state index contributed by atoms with van der Waals surface area (Å²) in [6, 6.07) is 8.20. The van der Waals surface area contributed by atoms with E-state index in [1.165, 1.54) is 12.8 Å². The first-order valence-electron chi connectivity index (χ1n) is 7.91. The van der Waals surface area contributed by atoms with Crippen molar-refractivity contribution in [3.63, 3.8) is 0 Å². The van der Waals surface area contributed by atoms with E-state index in [1.807, 2.05) is 24.3 Å². The second kappa shape index (κ2) is 6.48. The first-order valence-corrected chi connectivity index (χ1v) is 7.91. The molecule has 4 nitrogen and oxygen atoms in total. The van der Waals surface area contributed by atoms with Gasteiger partial charge in [-0.25, -0.2) is 0 Å². The summed E-state index contributed by atoms with van der Waals surface area (Å²) in [6.45, 7) is 2.91. The molecule has 1 aromatic rings. The van der Waals surface area contributed by atoms with Crippen LogP contribution in [-0.4, -0.2) is 43.6 Å². The van der Waals surface area contributed by atoms with Crippen LogP contribution in [0, 0.1) is 5.92 Å². The normalized spacial score (nSPS) is 25.3. The van der Waals surface area contributed by atoms with Gasteiger partial charge in [0.2, 0.25) is 5.91 Å². The Labute approximate surface area is 126 Å². The zero-order valence-electron chi connectivity index (χ0n) is 12.7. The van der Waals surface area contributed by atoms with Gasteiger partial charge < -0.3 is 15.0 Å². The van der Waals surface area contributed by atoms with Gasteiger partial charge in [0, 0.05) is 31.2 Å². The van der Waals surface area contributed by atoms with Gasteiger partial charge in [-0.1, -0.05) is 24.6 Å². The summed E-state index contributed by atoms with van der Waals surface area (Å²) in [5.74, 6) is 1.68. The molecule has 0 aliphatic carbocycles. The fourth-order valence-electron chi connectivity index (χ4n) is 3.66. The molecule has 0 radical (unpaired) electrons. The number of para-hydroxylation sites is 1. The highest BCUT2D eigenvalue weighted by Crippen LogP contribution is 2.27. The van der Waals surface area contributed by atoms with Gasteiger partial charge in [-0.15, -0.1) is 0 Å². The Hall–Kier alpha value is -1.55. The van der Waals surface area contributed by atoms with Crippen molar-refractivity contribution in [2.75, 3.05) is 26.7 Å². The minimum Gasteiger partial charge on any atom is -0.496 e. The molecule has 2 aliphatic heterocycles. The first kappa shape index (κ1) is 14.4. The molecule has 2 fully saturated rings. The second-order valence-electron chi connectivity index (χ2n) is 6.06. The zero-order valence-corrected chi connectivity index (χ0v) is 12.7. The number of rotatable bonds is 3. The number of benzene rings is 1. The molecule has 0 spiro atoms. The van der Waals surface area contributed by atoms with Crippen LogP contribution >= 0.6 is 0 Å². The number of likely N-dealkylation sites (tertiary alicyclic amines) is 1. The lowest BCUT2D eigenvalue weighted by atomic mass is 9.98. The maximum absolute atomic E-state index is 12.8. The maximum Gasteiger partial charge on any atom is 0.227 e. The molecule has 0 saturated carbocycles. The molecule has 2 heterocycles. The van der Waals surface area contributed by atoms with Gasteiger partial charge in [0.05, 0.1) is 13.5 Å². The molecule has 2 atom stereocenters. The number of fused-ring (bicyclic) bond motifs is 1. The summed E-state index contributed by atoms with van der Waals surface area (Å²) >= 11 is 0. The average molecular weight is 288 g/mol. The summed E-state index contributed by atoms with van der Waals surface area (Å²) < 4.78 is 5.36. The first-order chi connectivity index (χ1) is 10.3. The third-order valence-electron chi connectivity index (χ3n) is 4.78. The van der Waals surface area contributed by atoms with E-state index < -0.39 is 0 Å². The van der Waals surface area contributed by atoms with E-state index >= 15 is 0 Å². The fraction of sp³-hybridized carbons (Fsp3) is 0.588. The van der Waals surface area contributed by atoms with Crippen LogP contribution in [0.25, 0.3) is 0 Å². The summed E-state index contributed by atoms with van der Waals surface area (Å²) in [6.07, 6.45) is 4.05. The van der Waals surface area contributed by atoms with Crippen molar-refractivity contribution in [3.05, 3.63) is 29.8 Å². The highest BCUT2D eigenvalue weighted by Gasteiger charge is 2.35. The van der Waals surface area contributed by atoms with Crippen molar-refractivity contribution in [1.82, 2.24) is 10.2 Å². The highest BCUT2D eigenvalue weighted by atomic mass is 16.5. The molecule has 0 unspecified atom stereocenters. The van der Waals surface area contributed by atoms with Crippen molar-refractivity contribution in [2.24, 2.45) is 5.92 Å². The van der Waals surface area contributed by atoms with Gasteiger partial charge in [-0.3, -0.25) is 4.79 Å². The van der Waals surface area contributed by atoms with E-state index in [1.54, 1.807) is 7.11 Å². The zero-order chi connectivity index (χ0) is 14.7. The number of hydrogen-bond acceptors (Lipinski definition) is 3. The van der Waals surface area contributed by atoms with Gasteiger partial charge >= 0.3 is 0 Å². The number of ether oxygens (including phenoxy) is 1. The Morgan fingerprint density at radius 3 is 3.05 bits per heavy atom. The highest BCUT2D eigenvalue weighted by molar-refractivity contribution is 5.80. The average Bonchev–Trinajstić information content (AvgIpc) is 2.87. The summed E-state index contributed by atoms with van der Waals surface area (Å²) in [7, 11) is 1.66. The van der Waals surface area contributed by atoms with Gasteiger partial charge in [0.1, 0.15) is 5.75 Å². The van der Waals surface area contributed by atoms with Gasteiger partial charge in [0.15, 0.2) is 0 Å². The van der Waals surface area contributed by atoms with Crippen molar-refractivity contribution in [3.8, 4) is 5.75 Å². The van der Waals surface area contributed by atoms with E-state index in [9.17, 15) is 4.79 Å². The summed E-state index contributed by atoms with van der Waals surface area (Å²) in [4.78, 5) is 14.9. The Bertz CT molecular complexity index is 503. The molecular formula is C17H24N2O2. The molecule has 2 aliphatic rings. The fourth-order valence-corrected chi connectivity index (χ4v) is 3.66. The predicted molar refractivity (Wildman–Crippen MR) is 82.4 cm³/mol. The van der Waals surface area contributed by atoms with Crippen molar-refractivity contribution in [2.45, 2.75) is 31.7 Å². The van der Waals surface area contributed by atoms with Crippen LogP contribution in [0.15, 0.2) is 24.3 Å². The number of nitrogens with one attached hydrogen (secondary N) is 1. The van der Waals surface area contributed by atoms with Gasteiger partial charge in [-0.05, 0) is 24.8 Å². The van der Waals surface area contributed by atoms with Crippen LogP contribution in [0.4, 0.5) is 0 Å². The Morgan fingerprint density at radius 2 is 2.19 bits per heavy atom. The van der Waals surface area contributed by atoms with Gasteiger partial charge in [0.25, 0.3) is 0 Å². The second-order valence-corrected chi connectivity index (χ2v) is 6.06. The van der Waals surface area contributed by atoms with Crippen LogP contribution in [0.1, 0.15) is 24.8 Å². The largest absolute Gasteiger partial charge is 0.496 e. The lowest BCUT2D eigenvalue weighted by Crippen LogP contribution is -2.44. The van der Waals surface area contributed by atoms with Gasteiger partial charge in [-0.2, -0.15) is 0 Å². The molecule has 2 saturated heterocycles. The van der Waals surface area contributed by atoms with E-state index in [0.717, 1.165) is 37.4 Å². The van der Waals surface area contributed by atoms with E-state index in [-0.39, 0.29) is 5.91 Å². The van der Waals surface area contributed by atoms with Crippen molar-refractivity contribution in [1.29, 1.82) is 0 Å². The number of methoxy groups -OCH3 is 1. The van der Waals surface area contributed by atoms with Crippen molar-refractivity contribution < 1.29 is 9.53 Å². The van der Waals surface area contributed by atoms with Crippen LogP contribution in [0.2, 0.25) is 0 Å². The van der Waals surface area contributed by atoms with Crippen LogP contribution < -0.4 is 10.1 Å². The molecular weight excluding hydrogens is 264 g/mol. The molecule has 1 amide bonds. The number of nitrogens with zero attached hydrogens (tertiary/aromatic N) is 1. The molecule has 4 heteroatoms. The SMILES string of the molecule is COc1ccccc1CC(=O)N1CCCC[C@H]2CNC[C@H]21. The van der Waals surface area contributed by atoms with E-state index in [2.05, 4.69) is 10.2 Å². The summed E-state index contributed by atoms with van der Waals surface area (Å²) in [5.41, 5.74) is 0.983. The third-order valence-corrected chi connectivity index (χ3v) is 4.78. The Kier molecular flexibility index (Phi) is 4.44. The Balaban J connectivity index is 1.74. The monoisotopic (exact) mass is 288 g/mol. The maximum atomic E-state index is 12.8. The van der Waals surface area contributed by atoms with Crippen molar-refractivity contribution >= 4 is 5.91 Å². The minimum absolute atomic E-state index is 0.236. The number of hydrogen-bond donors (Lipinski definition) is 1. The number of amides is 1. The number of carbonyl (C=O) groups excluding carboxylic acids is 1. The quantitative estimate of drug-likeness (QED) is 0.923. The standard InChI is InChI=1S/C17H24N2O2/c1-21-16-8-3-2-6-13(16)10-17(20)19-9-5-4-7-14-11-18-12-15(14)19/h2-3,6,8,14-15,18H,4-5,7,9-12H2,1H3/t14-,15+/m0/s1. The molecule has 0 bridgehead atoms. The lowest BCUT2D eigenvalue weighted by molar-refractivity contribution is -0.133.